The second-order valence-corrected chi connectivity index (χ2v) is 0. The van der Waals surface area contributed by atoms with Gasteiger partial charge in [-0.1, -0.05) is 0 Å². The molecular weight excluding hydrogens is 150 g/mol. The first-order valence-electron chi connectivity index (χ1n) is 0. The summed E-state index contributed by atoms with van der Waals surface area (Å²) in [7, 11) is 0. The van der Waals surface area contributed by atoms with Crippen molar-refractivity contribution < 1.29 is 37.2 Å². The Morgan fingerprint density at radius 3 is 0.750 bits per heavy atom. The predicted octanol–water partition coefficient (Wildman–Crippen LogP) is -0.621. The second kappa shape index (κ2) is 27.0. The summed E-state index contributed by atoms with van der Waals surface area (Å²) in [6, 6.07) is 0. The van der Waals surface area contributed by atoms with Gasteiger partial charge in [0.05, 0.1) is 0 Å². The molecule has 0 aromatic heterocycles. The average molecular weight is 150 g/mol. The van der Waals surface area contributed by atoms with Crippen molar-refractivity contribution in [3.63, 3.8) is 0 Å². The quantitative estimate of drug-likeness (QED) is 0.413. The van der Waals surface area contributed by atoms with E-state index in [0.29, 0.717) is 0 Å². The molecule has 0 amide bonds. The van der Waals surface area contributed by atoms with Crippen molar-refractivity contribution in [3.8, 4) is 0 Å². The Labute approximate surface area is 54.5 Å². The molecule has 0 atom stereocenters. The van der Waals surface area contributed by atoms with Crippen molar-refractivity contribution in [3.05, 3.63) is 0 Å². The van der Waals surface area contributed by atoms with Crippen LogP contribution in [-0.4, -0.2) is 17.4 Å². The fourth-order valence-corrected chi connectivity index (χ4v) is 0. The van der Waals surface area contributed by atoms with E-state index in [-0.39, 0.29) is 54.5 Å². The molecule has 0 saturated carbocycles. The molecule has 0 spiro atoms. The van der Waals surface area contributed by atoms with Crippen molar-refractivity contribution in [1.82, 2.24) is 0 Å². The molecule has 0 saturated heterocycles. The third-order valence-electron chi connectivity index (χ3n) is 0. The molecule has 0 fully saturated rings. The van der Waals surface area contributed by atoms with Gasteiger partial charge < -0.3 is 11.0 Å². The van der Waals surface area contributed by atoms with Crippen LogP contribution < -0.4 is 0 Å². The van der Waals surface area contributed by atoms with Crippen molar-refractivity contribution in [2.75, 3.05) is 0 Å². The third kappa shape index (κ3) is 10.2. The Kier molecular flexibility index (Phi) is 380. The van der Waals surface area contributed by atoms with Gasteiger partial charge in [-0.15, -0.1) is 0 Å². The van der Waals surface area contributed by atoms with Gasteiger partial charge in [-0.25, -0.2) is 0 Å². The SMILES string of the molecule is [Al].[O-2].[O-2].[Zr+4]. The molecular formula is AlO2Zr. The molecule has 0 bridgehead atoms. The molecule has 0 aromatic rings. The zero-order valence-electron chi connectivity index (χ0n) is 1.89. The molecule has 4 heteroatoms. The minimum atomic E-state index is 0. The van der Waals surface area contributed by atoms with Crippen LogP contribution in [0.25, 0.3) is 0 Å². The zero-order chi connectivity index (χ0) is 0. The van der Waals surface area contributed by atoms with Gasteiger partial charge in [0, 0.05) is 17.4 Å². The molecule has 0 unspecified atom stereocenters. The van der Waals surface area contributed by atoms with E-state index in [1.54, 1.807) is 0 Å². The summed E-state index contributed by atoms with van der Waals surface area (Å²) >= 11 is 0. The van der Waals surface area contributed by atoms with E-state index in [1.807, 2.05) is 0 Å². The van der Waals surface area contributed by atoms with E-state index in [0.717, 1.165) is 0 Å². The van der Waals surface area contributed by atoms with Crippen LogP contribution >= 0.6 is 0 Å². The Morgan fingerprint density at radius 1 is 0.750 bits per heavy atom. The van der Waals surface area contributed by atoms with E-state index in [1.165, 1.54) is 0 Å². The maximum absolute atomic E-state index is 0. The van der Waals surface area contributed by atoms with E-state index in [2.05, 4.69) is 0 Å². The maximum Gasteiger partial charge on any atom is 4.00 e. The van der Waals surface area contributed by atoms with Crippen LogP contribution in [0.5, 0.6) is 0 Å². The molecule has 2 nitrogen and oxygen atoms in total. The van der Waals surface area contributed by atoms with Crippen LogP contribution in [0.1, 0.15) is 0 Å². The smallest absolute Gasteiger partial charge is 2.00 e. The van der Waals surface area contributed by atoms with E-state index < -0.39 is 0 Å². The second-order valence-electron chi connectivity index (χ2n) is 0. The molecule has 0 rings (SSSR count). The third-order valence-corrected chi connectivity index (χ3v) is 0. The fraction of sp³-hybridized carbons (Fsp3) is 0. The van der Waals surface area contributed by atoms with Crippen LogP contribution in [0.2, 0.25) is 0 Å². The molecule has 0 heterocycles. The predicted molar refractivity (Wildman–Crippen MR) is 7.13 cm³/mol. The van der Waals surface area contributed by atoms with Gasteiger partial charge in [0.15, 0.2) is 0 Å². The summed E-state index contributed by atoms with van der Waals surface area (Å²) < 4.78 is 0. The van der Waals surface area contributed by atoms with E-state index in [4.69, 9.17) is 0 Å². The minimum absolute atomic E-state index is 0. The number of hydrogen-bond acceptors (Lipinski definition) is 0. The van der Waals surface area contributed by atoms with Gasteiger partial charge in [0.2, 0.25) is 0 Å². The molecule has 0 aromatic carbocycles. The first kappa shape index (κ1) is 56.2. The van der Waals surface area contributed by atoms with Crippen molar-refractivity contribution in [2.24, 2.45) is 0 Å². The van der Waals surface area contributed by atoms with Gasteiger partial charge in [0.25, 0.3) is 0 Å². The monoisotopic (exact) mass is 149 g/mol. The van der Waals surface area contributed by atoms with Gasteiger partial charge in [0.1, 0.15) is 0 Å². The van der Waals surface area contributed by atoms with Crippen LogP contribution in [-0.2, 0) is 37.2 Å². The Balaban J connectivity index is 0. The summed E-state index contributed by atoms with van der Waals surface area (Å²) in [4.78, 5) is 0. The Bertz CT molecular complexity index is 6.00. The fourth-order valence-electron chi connectivity index (χ4n) is 0. The van der Waals surface area contributed by atoms with Crippen LogP contribution in [0, 0.1) is 0 Å². The van der Waals surface area contributed by atoms with Crippen molar-refractivity contribution >= 4 is 17.4 Å². The largest absolute Gasteiger partial charge is 4.00 e. The Morgan fingerprint density at radius 2 is 0.750 bits per heavy atom. The molecule has 19 valence electrons. The minimum Gasteiger partial charge on any atom is -2.00 e. The van der Waals surface area contributed by atoms with Crippen LogP contribution in [0.3, 0.4) is 0 Å². The molecule has 0 aliphatic heterocycles. The molecule has 4 heavy (non-hydrogen) atoms. The summed E-state index contributed by atoms with van der Waals surface area (Å²) in [6.45, 7) is 0. The van der Waals surface area contributed by atoms with E-state index in [9.17, 15) is 0 Å². The number of hydrogen-bond donors (Lipinski definition) is 0. The van der Waals surface area contributed by atoms with Crippen molar-refractivity contribution in [2.45, 2.75) is 0 Å². The summed E-state index contributed by atoms with van der Waals surface area (Å²) in [5.41, 5.74) is 0. The van der Waals surface area contributed by atoms with Gasteiger partial charge >= 0.3 is 26.2 Å². The molecule has 0 aliphatic carbocycles. The van der Waals surface area contributed by atoms with E-state index >= 15 is 0 Å². The average Bonchev–Trinajstić information content (AvgIpc) is 0. The standard InChI is InChI=1S/Al.2O.Zr/q;2*-2;+4. The zero-order valence-corrected chi connectivity index (χ0v) is 5.51. The van der Waals surface area contributed by atoms with Gasteiger partial charge in [-0.3, -0.25) is 0 Å². The molecule has 0 aliphatic rings. The van der Waals surface area contributed by atoms with Crippen LogP contribution in [0.15, 0.2) is 0 Å². The molecule has 3 radical (unpaired) electrons. The summed E-state index contributed by atoms with van der Waals surface area (Å²) in [5.74, 6) is 0. The normalized spacial score (nSPS) is 0. The van der Waals surface area contributed by atoms with Crippen molar-refractivity contribution in [1.29, 1.82) is 0 Å². The topological polar surface area (TPSA) is 57.0 Å². The summed E-state index contributed by atoms with van der Waals surface area (Å²) in [6.07, 6.45) is 0. The number of rotatable bonds is 0. The van der Waals surface area contributed by atoms with Gasteiger partial charge in [-0.05, 0) is 0 Å². The first-order chi connectivity index (χ1) is 0. The Hall–Kier alpha value is 1.34. The maximum atomic E-state index is 0. The van der Waals surface area contributed by atoms with Crippen LogP contribution in [0.4, 0.5) is 0 Å². The van der Waals surface area contributed by atoms with Gasteiger partial charge in [-0.2, -0.15) is 0 Å². The molecule has 0 N–H and O–H groups in total. The summed E-state index contributed by atoms with van der Waals surface area (Å²) in [5, 5.41) is 0. The first-order valence-corrected chi connectivity index (χ1v) is 0.